The van der Waals surface area contributed by atoms with E-state index in [1.165, 1.54) is 36.3 Å². The first-order valence-electron chi connectivity index (χ1n) is 8.40. The third kappa shape index (κ3) is 4.70. The quantitative estimate of drug-likeness (QED) is 0.343. The van der Waals surface area contributed by atoms with E-state index in [1.807, 2.05) is 0 Å². The van der Waals surface area contributed by atoms with Crippen molar-refractivity contribution in [3.8, 4) is 0 Å². The monoisotopic (exact) mass is 426 g/mol. The SMILES string of the molecule is COC(=O)C=C1SC(=NC(=O)Nc2ccc([N+](=O)[O-])cc2)N(c2ccccc2)C1=O. The Balaban J connectivity index is 1.88. The van der Waals surface area contributed by atoms with Crippen molar-refractivity contribution in [3.05, 3.63) is 75.7 Å². The summed E-state index contributed by atoms with van der Waals surface area (Å²) in [7, 11) is 1.19. The maximum absolute atomic E-state index is 12.8. The fourth-order valence-electron chi connectivity index (χ4n) is 2.42. The number of nitro groups is 1. The van der Waals surface area contributed by atoms with E-state index in [2.05, 4.69) is 15.0 Å². The van der Waals surface area contributed by atoms with Gasteiger partial charge >= 0.3 is 12.0 Å². The molecule has 1 aliphatic rings. The van der Waals surface area contributed by atoms with Gasteiger partial charge < -0.3 is 10.1 Å². The van der Waals surface area contributed by atoms with Crippen LogP contribution in [0.1, 0.15) is 0 Å². The summed E-state index contributed by atoms with van der Waals surface area (Å²) < 4.78 is 4.56. The van der Waals surface area contributed by atoms with Crippen LogP contribution in [-0.4, -0.2) is 35.1 Å². The minimum atomic E-state index is -0.792. The number of hydrogen-bond acceptors (Lipinski definition) is 7. The summed E-state index contributed by atoms with van der Waals surface area (Å²) in [6, 6.07) is 12.9. The number of ether oxygens (including phenoxy) is 1. The van der Waals surface area contributed by atoms with E-state index in [-0.39, 0.29) is 15.8 Å². The van der Waals surface area contributed by atoms with Crippen molar-refractivity contribution in [1.29, 1.82) is 0 Å². The van der Waals surface area contributed by atoms with Gasteiger partial charge in [0.15, 0.2) is 5.17 Å². The molecule has 1 heterocycles. The summed E-state index contributed by atoms with van der Waals surface area (Å²) in [5, 5.41) is 13.2. The molecule has 2 aromatic rings. The van der Waals surface area contributed by atoms with Crippen molar-refractivity contribution in [2.45, 2.75) is 0 Å². The molecule has 1 N–H and O–H groups in total. The number of amides is 3. The number of benzene rings is 2. The highest BCUT2D eigenvalue weighted by atomic mass is 32.2. The Kier molecular flexibility index (Phi) is 6.23. The van der Waals surface area contributed by atoms with Crippen LogP contribution in [0, 0.1) is 10.1 Å². The van der Waals surface area contributed by atoms with Gasteiger partial charge in [-0.25, -0.2) is 9.59 Å². The van der Waals surface area contributed by atoms with Crippen LogP contribution in [0.5, 0.6) is 0 Å². The molecule has 2 aromatic carbocycles. The second-order valence-corrected chi connectivity index (χ2v) is 6.75. The summed E-state index contributed by atoms with van der Waals surface area (Å²) in [4.78, 5) is 52.0. The van der Waals surface area contributed by atoms with Crippen LogP contribution < -0.4 is 10.2 Å². The van der Waals surface area contributed by atoms with Gasteiger partial charge in [0.2, 0.25) is 0 Å². The second kappa shape index (κ2) is 9.01. The van der Waals surface area contributed by atoms with Crippen molar-refractivity contribution < 1.29 is 24.0 Å². The maximum Gasteiger partial charge on any atom is 0.347 e. The number of esters is 1. The molecule has 0 aromatic heterocycles. The highest BCUT2D eigenvalue weighted by Gasteiger charge is 2.35. The van der Waals surface area contributed by atoms with E-state index >= 15 is 0 Å². The number of carbonyl (C=O) groups is 3. The number of non-ortho nitro benzene ring substituents is 1. The predicted octanol–water partition coefficient (Wildman–Crippen LogP) is 3.32. The number of para-hydroxylation sites is 1. The molecule has 0 unspecified atom stereocenters. The number of nitrogens with one attached hydrogen (secondary N) is 1. The largest absolute Gasteiger partial charge is 0.466 e. The van der Waals surface area contributed by atoms with E-state index in [0.29, 0.717) is 11.4 Å². The number of nitro benzene ring substituents is 1. The molecule has 1 fully saturated rings. The van der Waals surface area contributed by atoms with Crippen LogP contribution in [0.25, 0.3) is 0 Å². The third-order valence-corrected chi connectivity index (χ3v) is 4.77. The van der Waals surface area contributed by atoms with Crippen molar-refractivity contribution in [3.63, 3.8) is 0 Å². The fraction of sp³-hybridized carbons (Fsp3) is 0.0526. The fourth-order valence-corrected chi connectivity index (χ4v) is 3.36. The van der Waals surface area contributed by atoms with Gasteiger partial charge in [0, 0.05) is 23.9 Å². The topological polar surface area (TPSA) is 131 Å². The van der Waals surface area contributed by atoms with Gasteiger partial charge in [-0.05, 0) is 36.0 Å². The van der Waals surface area contributed by atoms with Crippen LogP contribution in [0.4, 0.5) is 21.9 Å². The molecule has 1 saturated heterocycles. The maximum atomic E-state index is 12.8. The van der Waals surface area contributed by atoms with E-state index < -0.39 is 22.8 Å². The second-order valence-electron chi connectivity index (χ2n) is 5.74. The Hall–Kier alpha value is -3.99. The van der Waals surface area contributed by atoms with E-state index in [0.717, 1.165) is 17.8 Å². The summed E-state index contributed by atoms with van der Waals surface area (Å²) in [6.45, 7) is 0. The van der Waals surface area contributed by atoms with Gasteiger partial charge in [0.25, 0.3) is 11.6 Å². The number of nitrogens with zero attached hydrogens (tertiary/aromatic N) is 3. The zero-order chi connectivity index (χ0) is 21.7. The lowest BCUT2D eigenvalue weighted by atomic mass is 10.3. The first-order valence-corrected chi connectivity index (χ1v) is 9.22. The van der Waals surface area contributed by atoms with Gasteiger partial charge in [-0.15, -0.1) is 0 Å². The summed E-state index contributed by atoms with van der Waals surface area (Å²) in [5.74, 6) is -1.24. The number of amidine groups is 1. The van der Waals surface area contributed by atoms with Gasteiger partial charge in [-0.2, -0.15) is 4.99 Å². The minimum Gasteiger partial charge on any atom is -0.466 e. The number of anilines is 2. The van der Waals surface area contributed by atoms with E-state index in [1.54, 1.807) is 30.3 Å². The highest BCUT2D eigenvalue weighted by Crippen LogP contribution is 2.34. The van der Waals surface area contributed by atoms with Gasteiger partial charge in [-0.3, -0.25) is 19.8 Å². The van der Waals surface area contributed by atoms with Crippen LogP contribution in [0.2, 0.25) is 0 Å². The highest BCUT2D eigenvalue weighted by molar-refractivity contribution is 8.19. The van der Waals surface area contributed by atoms with Crippen molar-refractivity contribution in [1.82, 2.24) is 0 Å². The van der Waals surface area contributed by atoms with E-state index in [9.17, 15) is 24.5 Å². The molecule has 0 atom stereocenters. The lowest BCUT2D eigenvalue weighted by molar-refractivity contribution is -0.384. The number of hydrogen-bond donors (Lipinski definition) is 1. The van der Waals surface area contributed by atoms with Crippen LogP contribution >= 0.6 is 11.8 Å². The molecule has 30 heavy (non-hydrogen) atoms. The Morgan fingerprint density at radius 3 is 2.43 bits per heavy atom. The standard InChI is InChI=1S/C19H14N4O6S/c1-29-16(24)11-15-17(25)22(13-5-3-2-4-6-13)19(30-15)21-18(26)20-12-7-9-14(10-8-12)23(27)28/h2-11H,1H3,(H,20,26). The Labute approximate surface area is 174 Å². The summed E-state index contributed by atoms with van der Waals surface area (Å²) in [5.41, 5.74) is 0.634. The first kappa shape index (κ1) is 20.7. The zero-order valence-electron chi connectivity index (χ0n) is 15.5. The third-order valence-electron chi connectivity index (χ3n) is 3.80. The van der Waals surface area contributed by atoms with Gasteiger partial charge in [-0.1, -0.05) is 18.2 Å². The molecule has 0 aliphatic carbocycles. The number of methoxy groups -OCH3 is 1. The zero-order valence-corrected chi connectivity index (χ0v) is 16.3. The smallest absolute Gasteiger partial charge is 0.347 e. The van der Waals surface area contributed by atoms with Crippen LogP contribution in [0.15, 0.2) is 70.6 Å². The lowest BCUT2D eigenvalue weighted by Crippen LogP contribution is -2.30. The normalized spacial score (nSPS) is 16.0. The van der Waals surface area contributed by atoms with Crippen molar-refractivity contribution >= 4 is 51.9 Å². The Morgan fingerprint density at radius 2 is 1.83 bits per heavy atom. The molecule has 0 bridgehead atoms. The van der Waals surface area contributed by atoms with Crippen LogP contribution in [-0.2, 0) is 14.3 Å². The number of carbonyl (C=O) groups excluding carboxylic acids is 3. The van der Waals surface area contributed by atoms with E-state index in [4.69, 9.17) is 0 Å². The lowest BCUT2D eigenvalue weighted by Gasteiger charge is -2.15. The molecule has 11 heteroatoms. The van der Waals surface area contributed by atoms with Gasteiger partial charge in [0.05, 0.1) is 22.6 Å². The molecule has 152 valence electrons. The number of urea groups is 1. The number of thioether (sulfide) groups is 1. The molecule has 1 aliphatic heterocycles. The average Bonchev–Trinajstić information content (AvgIpc) is 3.03. The molecular weight excluding hydrogens is 412 g/mol. The van der Waals surface area contributed by atoms with Crippen molar-refractivity contribution in [2.75, 3.05) is 17.3 Å². The summed E-state index contributed by atoms with van der Waals surface area (Å²) in [6.07, 6.45) is 1.03. The number of aliphatic imine (C=N–C) groups is 1. The van der Waals surface area contributed by atoms with Gasteiger partial charge in [0.1, 0.15) is 0 Å². The minimum absolute atomic E-state index is 0.0424. The molecule has 3 rings (SSSR count). The molecular formula is C19H14N4O6S. The molecule has 0 radical (unpaired) electrons. The molecule has 10 nitrogen and oxygen atoms in total. The number of rotatable bonds is 4. The first-order chi connectivity index (χ1) is 14.4. The molecule has 3 amide bonds. The molecule has 0 saturated carbocycles. The Bertz CT molecular complexity index is 1070. The van der Waals surface area contributed by atoms with Crippen molar-refractivity contribution in [2.24, 2.45) is 4.99 Å². The van der Waals surface area contributed by atoms with Crippen LogP contribution in [0.3, 0.4) is 0 Å². The molecule has 0 spiro atoms. The Morgan fingerprint density at radius 1 is 1.17 bits per heavy atom. The average molecular weight is 426 g/mol. The predicted molar refractivity (Wildman–Crippen MR) is 111 cm³/mol. The summed E-state index contributed by atoms with van der Waals surface area (Å²) >= 11 is 0.847.